The number of hydrogen-bond acceptors (Lipinski definition) is 5. The Balaban J connectivity index is 4.79. The van der Waals surface area contributed by atoms with E-state index in [-0.39, 0.29) is 24.9 Å². The number of carbonyl (C=O) groups is 2. The number of nitrogens with one attached hydrogen (secondary N) is 1. The SMILES string of the molecule is CC/C=C\C/C=C\C/C=C\C/C=C\C/C=C\CCCC(CC(=O)NC(CO)C(O)CCCCCCCCCCCCCCC)OC(=O)CCCCC\C=C/C=C\C=C\C=C\CC. The van der Waals surface area contributed by atoms with Crippen LogP contribution in [0.15, 0.2) is 109 Å². The number of aliphatic hydroxyl groups excluding tert-OH is 2. The Morgan fingerprint density at radius 2 is 0.968 bits per heavy atom. The molecule has 6 nitrogen and oxygen atoms in total. The van der Waals surface area contributed by atoms with E-state index in [1.807, 2.05) is 30.4 Å². The quantitative estimate of drug-likeness (QED) is 0.0246. The van der Waals surface area contributed by atoms with Gasteiger partial charge in [-0.05, 0) is 83.5 Å². The van der Waals surface area contributed by atoms with Crippen LogP contribution >= 0.6 is 0 Å². The van der Waals surface area contributed by atoms with Crippen molar-refractivity contribution in [1.29, 1.82) is 0 Å². The third kappa shape index (κ3) is 43.2. The number of allylic oxidation sites excluding steroid dienone is 18. The number of ether oxygens (including phenoxy) is 1. The lowest BCUT2D eigenvalue weighted by Crippen LogP contribution is -2.46. The molecule has 6 heteroatoms. The minimum Gasteiger partial charge on any atom is -0.462 e. The highest BCUT2D eigenvalue weighted by molar-refractivity contribution is 5.77. The van der Waals surface area contributed by atoms with E-state index in [9.17, 15) is 19.8 Å². The van der Waals surface area contributed by atoms with Crippen molar-refractivity contribution in [2.75, 3.05) is 6.61 Å². The smallest absolute Gasteiger partial charge is 0.306 e. The summed E-state index contributed by atoms with van der Waals surface area (Å²) in [4.78, 5) is 26.1. The Bertz CT molecular complexity index is 1280. The third-order valence-corrected chi connectivity index (χ3v) is 10.7. The first-order valence-electron chi connectivity index (χ1n) is 25.2. The van der Waals surface area contributed by atoms with Gasteiger partial charge in [0.2, 0.25) is 5.91 Å². The molecule has 3 N–H and O–H groups in total. The molecule has 0 aromatic rings. The maximum absolute atomic E-state index is 13.2. The van der Waals surface area contributed by atoms with Crippen molar-refractivity contribution in [3.63, 3.8) is 0 Å². The van der Waals surface area contributed by atoms with E-state index in [0.29, 0.717) is 19.3 Å². The van der Waals surface area contributed by atoms with Gasteiger partial charge in [0.25, 0.3) is 0 Å². The van der Waals surface area contributed by atoms with Crippen LogP contribution in [0.4, 0.5) is 0 Å². The molecule has 0 saturated carbocycles. The molecule has 0 fully saturated rings. The molecule has 0 radical (unpaired) electrons. The lowest BCUT2D eigenvalue weighted by atomic mass is 10.0. The maximum atomic E-state index is 13.2. The Hall–Kier alpha value is -3.48. The second-order valence-corrected chi connectivity index (χ2v) is 16.5. The fourth-order valence-electron chi connectivity index (χ4n) is 6.94. The molecule has 352 valence electrons. The number of amides is 1. The summed E-state index contributed by atoms with van der Waals surface area (Å²) in [6.07, 6.45) is 65.8. The molecule has 0 rings (SSSR count). The molecule has 0 bridgehead atoms. The predicted molar refractivity (Wildman–Crippen MR) is 268 cm³/mol. The largest absolute Gasteiger partial charge is 0.462 e. The topological polar surface area (TPSA) is 95.9 Å². The van der Waals surface area contributed by atoms with Gasteiger partial charge in [-0.1, -0.05) is 220 Å². The van der Waals surface area contributed by atoms with Gasteiger partial charge in [0.05, 0.1) is 25.2 Å². The Morgan fingerprint density at radius 3 is 1.52 bits per heavy atom. The second kappa shape index (κ2) is 48.6. The summed E-state index contributed by atoms with van der Waals surface area (Å²) in [6, 6.07) is -0.735. The van der Waals surface area contributed by atoms with Gasteiger partial charge in [-0.15, -0.1) is 0 Å². The molecular weight excluding hydrogens is 767 g/mol. The Morgan fingerprint density at radius 1 is 0.500 bits per heavy atom. The van der Waals surface area contributed by atoms with Crippen LogP contribution in [0.3, 0.4) is 0 Å². The zero-order chi connectivity index (χ0) is 45.2. The highest BCUT2D eigenvalue weighted by Crippen LogP contribution is 2.16. The van der Waals surface area contributed by atoms with Crippen LogP contribution < -0.4 is 5.32 Å². The Kier molecular flexibility index (Phi) is 45.8. The summed E-state index contributed by atoms with van der Waals surface area (Å²) in [5, 5.41) is 23.7. The van der Waals surface area contributed by atoms with Crippen LogP contribution in [0.2, 0.25) is 0 Å². The van der Waals surface area contributed by atoms with Crippen molar-refractivity contribution in [3.8, 4) is 0 Å². The molecular formula is C56H93NO5. The number of esters is 1. The first kappa shape index (κ1) is 58.5. The summed E-state index contributed by atoms with van der Waals surface area (Å²) in [7, 11) is 0. The van der Waals surface area contributed by atoms with Crippen LogP contribution in [0.25, 0.3) is 0 Å². The zero-order valence-electron chi connectivity index (χ0n) is 40.0. The van der Waals surface area contributed by atoms with Crippen molar-refractivity contribution in [2.45, 2.75) is 225 Å². The van der Waals surface area contributed by atoms with E-state index >= 15 is 0 Å². The lowest BCUT2D eigenvalue weighted by Gasteiger charge is -2.24. The second-order valence-electron chi connectivity index (χ2n) is 16.5. The van der Waals surface area contributed by atoms with Crippen molar-refractivity contribution >= 4 is 11.9 Å². The number of aliphatic hydroxyl groups is 2. The summed E-state index contributed by atoms with van der Waals surface area (Å²) < 4.78 is 5.88. The lowest BCUT2D eigenvalue weighted by molar-refractivity contribution is -0.151. The monoisotopic (exact) mass is 860 g/mol. The Labute approximate surface area is 381 Å². The molecule has 0 aromatic carbocycles. The van der Waals surface area contributed by atoms with Crippen LogP contribution in [-0.4, -0.2) is 46.9 Å². The molecule has 3 unspecified atom stereocenters. The summed E-state index contributed by atoms with van der Waals surface area (Å²) in [5.74, 6) is -0.587. The maximum Gasteiger partial charge on any atom is 0.306 e. The van der Waals surface area contributed by atoms with Crippen LogP contribution in [0.1, 0.15) is 207 Å². The normalized spacial score (nSPS) is 14.2. The van der Waals surface area contributed by atoms with Crippen LogP contribution in [0, 0.1) is 0 Å². The highest BCUT2D eigenvalue weighted by Gasteiger charge is 2.24. The van der Waals surface area contributed by atoms with E-state index in [2.05, 4.69) is 105 Å². The molecule has 0 saturated heterocycles. The van der Waals surface area contributed by atoms with Crippen LogP contribution in [-0.2, 0) is 14.3 Å². The molecule has 0 aliphatic heterocycles. The minimum atomic E-state index is -0.816. The van der Waals surface area contributed by atoms with E-state index in [4.69, 9.17) is 4.74 Å². The third-order valence-electron chi connectivity index (χ3n) is 10.7. The van der Waals surface area contributed by atoms with E-state index in [1.54, 1.807) is 0 Å². The molecule has 0 aliphatic carbocycles. The number of rotatable bonds is 43. The summed E-state index contributed by atoms with van der Waals surface area (Å²) in [5.41, 5.74) is 0. The van der Waals surface area contributed by atoms with Gasteiger partial charge in [-0.2, -0.15) is 0 Å². The number of carbonyl (C=O) groups excluding carboxylic acids is 2. The molecule has 0 spiro atoms. The fraction of sp³-hybridized carbons (Fsp3) is 0.643. The first-order chi connectivity index (χ1) is 30.5. The van der Waals surface area contributed by atoms with E-state index in [1.165, 1.54) is 64.2 Å². The van der Waals surface area contributed by atoms with Crippen LogP contribution in [0.5, 0.6) is 0 Å². The highest BCUT2D eigenvalue weighted by atomic mass is 16.5. The zero-order valence-corrected chi connectivity index (χ0v) is 40.0. The summed E-state index contributed by atoms with van der Waals surface area (Å²) >= 11 is 0. The number of unbranched alkanes of at least 4 members (excludes halogenated alkanes) is 16. The van der Waals surface area contributed by atoms with Gasteiger partial charge in [-0.25, -0.2) is 0 Å². The molecule has 1 amide bonds. The first-order valence-corrected chi connectivity index (χ1v) is 25.2. The molecule has 62 heavy (non-hydrogen) atoms. The molecule has 3 atom stereocenters. The van der Waals surface area contributed by atoms with Gasteiger partial charge in [-0.3, -0.25) is 9.59 Å². The van der Waals surface area contributed by atoms with Crippen molar-refractivity contribution in [3.05, 3.63) is 109 Å². The molecule has 0 heterocycles. The van der Waals surface area contributed by atoms with Crippen molar-refractivity contribution in [2.24, 2.45) is 0 Å². The van der Waals surface area contributed by atoms with Crippen molar-refractivity contribution in [1.82, 2.24) is 5.32 Å². The molecule has 0 aromatic heterocycles. The standard InChI is InChI=1S/C56H93NO5/c1-4-7-10-13-16-19-22-25-26-27-28-31-32-35-38-41-44-47-52(62-56(61)49-46-43-40-37-34-30-24-21-18-15-12-9-6-3)50-55(60)57-53(51-58)54(59)48-45-42-39-36-33-29-23-20-17-14-11-8-5-2/h7,9-10,12,15-16,18-19,21,24-26,28,30-31,34-35,38,52-54,58-59H,4-6,8,11,13-14,17,20,22-23,27,29,32-33,36-37,39-51H2,1-3H3,(H,57,60)/b10-7-,12-9+,18-15+,19-16-,24-21-,26-25-,31-28-,34-30-,38-35-. The van der Waals surface area contributed by atoms with Gasteiger partial charge in [0.1, 0.15) is 6.10 Å². The average Bonchev–Trinajstić information content (AvgIpc) is 3.26. The van der Waals surface area contributed by atoms with E-state index < -0.39 is 18.2 Å². The minimum absolute atomic E-state index is 0.0156. The molecule has 0 aliphatic rings. The van der Waals surface area contributed by atoms with Gasteiger partial charge in [0.15, 0.2) is 0 Å². The fourth-order valence-corrected chi connectivity index (χ4v) is 6.94. The van der Waals surface area contributed by atoms with E-state index in [0.717, 1.165) is 96.3 Å². The van der Waals surface area contributed by atoms with Gasteiger partial charge < -0.3 is 20.3 Å². The van der Waals surface area contributed by atoms with Gasteiger partial charge in [0, 0.05) is 6.42 Å². The van der Waals surface area contributed by atoms with Gasteiger partial charge >= 0.3 is 5.97 Å². The average molecular weight is 860 g/mol. The summed E-state index contributed by atoms with van der Waals surface area (Å²) in [6.45, 7) is 6.19. The number of hydrogen-bond donors (Lipinski definition) is 3. The predicted octanol–water partition coefficient (Wildman–Crippen LogP) is 15.1. The van der Waals surface area contributed by atoms with Crippen molar-refractivity contribution < 1.29 is 24.5 Å².